The van der Waals surface area contributed by atoms with Gasteiger partial charge in [-0.25, -0.2) is 0 Å². The monoisotopic (exact) mass is 226 g/mol. The number of nitrogens with two attached hydrogens (primary N) is 2. The lowest BCUT2D eigenvalue weighted by atomic mass is 10.0. The number of hydrogen-bond acceptors (Lipinski definition) is 5. The third-order valence-electron chi connectivity index (χ3n) is 2.63. The molecule has 1 atom stereocenters. The van der Waals surface area contributed by atoms with Gasteiger partial charge in [0.25, 0.3) is 0 Å². The largest absolute Gasteiger partial charge is 0.499 e. The summed E-state index contributed by atoms with van der Waals surface area (Å²) in [6, 6.07) is 0.127. The second-order valence-electron chi connectivity index (χ2n) is 4.24. The fourth-order valence-corrected chi connectivity index (χ4v) is 1.64. The topological polar surface area (TPSA) is 76.5 Å². The Hall–Kier alpha value is -1.20. The molecule has 0 fully saturated rings. The van der Waals surface area contributed by atoms with Crippen molar-refractivity contribution in [3.05, 3.63) is 23.2 Å². The molecule has 16 heavy (non-hydrogen) atoms. The Morgan fingerprint density at radius 2 is 2.19 bits per heavy atom. The summed E-state index contributed by atoms with van der Waals surface area (Å²) in [4.78, 5) is 2.12. The number of ether oxygens (including phenoxy) is 1. The number of nitrogens with zero attached hydrogens (tertiary/aromatic N) is 1. The van der Waals surface area contributed by atoms with Gasteiger partial charge in [-0.15, -0.1) is 0 Å². The first-order valence-electron chi connectivity index (χ1n) is 5.42. The Morgan fingerprint density at radius 3 is 2.75 bits per heavy atom. The van der Waals surface area contributed by atoms with Crippen LogP contribution in [0.1, 0.15) is 6.42 Å². The van der Waals surface area contributed by atoms with Crippen LogP contribution in [0.15, 0.2) is 23.2 Å². The van der Waals surface area contributed by atoms with Gasteiger partial charge in [0.05, 0.1) is 18.8 Å². The molecule has 1 aliphatic carbocycles. The molecule has 0 bridgehead atoms. The fourth-order valence-electron chi connectivity index (χ4n) is 1.64. The van der Waals surface area contributed by atoms with Gasteiger partial charge in [-0.1, -0.05) is 0 Å². The molecule has 5 nitrogen and oxygen atoms in total. The standard InChI is InChI=1S/C11H22N4O/c1-15(2)5-4-14-10-7-11(16-3)9(13)6-8(10)12/h6,10,14H,4-5,7,12-13H2,1-3H3. The van der Waals surface area contributed by atoms with Crippen molar-refractivity contribution in [1.82, 2.24) is 10.2 Å². The van der Waals surface area contributed by atoms with E-state index in [0.717, 1.165) is 31.0 Å². The summed E-state index contributed by atoms with van der Waals surface area (Å²) in [6.45, 7) is 1.87. The van der Waals surface area contributed by atoms with Crippen molar-refractivity contribution >= 4 is 0 Å². The van der Waals surface area contributed by atoms with E-state index >= 15 is 0 Å². The second kappa shape index (κ2) is 5.77. The number of hydrogen-bond donors (Lipinski definition) is 3. The van der Waals surface area contributed by atoms with Crippen LogP contribution in [0.2, 0.25) is 0 Å². The molecule has 5 heteroatoms. The van der Waals surface area contributed by atoms with Crippen molar-refractivity contribution in [1.29, 1.82) is 0 Å². The first-order chi connectivity index (χ1) is 7.54. The molecule has 1 rings (SSSR count). The second-order valence-corrected chi connectivity index (χ2v) is 4.24. The highest BCUT2D eigenvalue weighted by molar-refractivity contribution is 5.31. The highest BCUT2D eigenvalue weighted by atomic mass is 16.5. The predicted octanol–water partition coefficient (Wildman–Crippen LogP) is -0.431. The zero-order valence-corrected chi connectivity index (χ0v) is 10.3. The summed E-state index contributed by atoms with van der Waals surface area (Å²) < 4.78 is 5.21. The zero-order chi connectivity index (χ0) is 12.1. The molecule has 0 saturated carbocycles. The van der Waals surface area contributed by atoms with Crippen molar-refractivity contribution < 1.29 is 4.74 Å². The molecule has 92 valence electrons. The number of allylic oxidation sites excluding steroid dienone is 1. The maximum atomic E-state index is 5.92. The summed E-state index contributed by atoms with van der Waals surface area (Å²) in [5, 5.41) is 3.38. The Labute approximate surface area is 97.1 Å². The molecule has 0 aromatic carbocycles. The fraction of sp³-hybridized carbons (Fsp3) is 0.636. The molecule has 1 unspecified atom stereocenters. The summed E-state index contributed by atoms with van der Waals surface area (Å²) in [7, 11) is 5.72. The summed E-state index contributed by atoms with van der Waals surface area (Å²) >= 11 is 0. The number of likely N-dealkylation sites (N-methyl/N-ethyl adjacent to an activating group) is 1. The average molecular weight is 226 g/mol. The van der Waals surface area contributed by atoms with Gasteiger partial charge in [0, 0.05) is 25.2 Å². The van der Waals surface area contributed by atoms with E-state index in [4.69, 9.17) is 16.2 Å². The summed E-state index contributed by atoms with van der Waals surface area (Å²) in [6.07, 6.45) is 2.49. The normalized spacial score (nSPS) is 21.2. The maximum absolute atomic E-state index is 5.92. The van der Waals surface area contributed by atoms with E-state index in [1.54, 1.807) is 13.2 Å². The van der Waals surface area contributed by atoms with E-state index in [1.165, 1.54) is 0 Å². The van der Waals surface area contributed by atoms with Gasteiger partial charge < -0.3 is 26.4 Å². The summed E-state index contributed by atoms with van der Waals surface area (Å²) in [5.41, 5.74) is 13.1. The maximum Gasteiger partial charge on any atom is 0.120 e. The van der Waals surface area contributed by atoms with Crippen LogP contribution in [0, 0.1) is 0 Å². The molecule has 0 aliphatic heterocycles. The number of nitrogens with one attached hydrogen (secondary N) is 1. The molecule has 0 aromatic rings. The molecule has 0 radical (unpaired) electrons. The van der Waals surface area contributed by atoms with Crippen molar-refractivity contribution in [2.45, 2.75) is 12.5 Å². The van der Waals surface area contributed by atoms with Gasteiger partial charge in [-0.3, -0.25) is 0 Å². The van der Waals surface area contributed by atoms with Crippen molar-refractivity contribution in [3.63, 3.8) is 0 Å². The third kappa shape index (κ3) is 3.43. The van der Waals surface area contributed by atoms with Gasteiger partial charge in [-0.05, 0) is 20.2 Å². The van der Waals surface area contributed by atoms with Crippen LogP contribution in [0.25, 0.3) is 0 Å². The van der Waals surface area contributed by atoms with E-state index in [-0.39, 0.29) is 6.04 Å². The molecule has 0 amide bonds. The van der Waals surface area contributed by atoms with Crippen LogP contribution in [-0.4, -0.2) is 45.2 Å². The molecule has 1 aliphatic rings. The van der Waals surface area contributed by atoms with E-state index in [0.29, 0.717) is 5.70 Å². The van der Waals surface area contributed by atoms with Gasteiger partial charge in [0.1, 0.15) is 5.76 Å². The van der Waals surface area contributed by atoms with Crippen LogP contribution >= 0.6 is 0 Å². The molecule has 5 N–H and O–H groups in total. The third-order valence-corrected chi connectivity index (χ3v) is 2.63. The van der Waals surface area contributed by atoms with Gasteiger partial charge >= 0.3 is 0 Å². The van der Waals surface area contributed by atoms with Crippen LogP contribution in [0.5, 0.6) is 0 Å². The van der Waals surface area contributed by atoms with Gasteiger partial charge in [0.2, 0.25) is 0 Å². The van der Waals surface area contributed by atoms with Crippen LogP contribution in [0.4, 0.5) is 0 Å². The van der Waals surface area contributed by atoms with Gasteiger partial charge in [0.15, 0.2) is 0 Å². The van der Waals surface area contributed by atoms with E-state index in [2.05, 4.69) is 10.2 Å². The molecule has 0 heterocycles. The van der Waals surface area contributed by atoms with E-state index in [9.17, 15) is 0 Å². The van der Waals surface area contributed by atoms with Crippen molar-refractivity contribution in [2.24, 2.45) is 11.5 Å². The molecule has 0 aromatic heterocycles. The minimum atomic E-state index is 0.127. The molecule has 0 saturated heterocycles. The van der Waals surface area contributed by atoms with Crippen molar-refractivity contribution in [3.8, 4) is 0 Å². The van der Waals surface area contributed by atoms with Crippen LogP contribution in [-0.2, 0) is 4.74 Å². The smallest absolute Gasteiger partial charge is 0.120 e. The Balaban J connectivity index is 2.49. The van der Waals surface area contributed by atoms with E-state index in [1.807, 2.05) is 14.1 Å². The van der Waals surface area contributed by atoms with Gasteiger partial charge in [-0.2, -0.15) is 0 Å². The Bertz CT molecular complexity index is 296. The van der Waals surface area contributed by atoms with Crippen LogP contribution in [0.3, 0.4) is 0 Å². The van der Waals surface area contributed by atoms with Crippen LogP contribution < -0.4 is 16.8 Å². The van der Waals surface area contributed by atoms with E-state index < -0.39 is 0 Å². The SMILES string of the molecule is COC1=C(N)C=C(N)C(NCCN(C)C)C1. The molecular formula is C11H22N4O. The first-order valence-corrected chi connectivity index (χ1v) is 5.42. The predicted molar refractivity (Wildman–Crippen MR) is 65.5 cm³/mol. The zero-order valence-electron chi connectivity index (χ0n) is 10.3. The minimum Gasteiger partial charge on any atom is -0.499 e. The quantitative estimate of drug-likeness (QED) is 0.593. The lowest BCUT2D eigenvalue weighted by Gasteiger charge is -2.25. The Kier molecular flexibility index (Phi) is 4.64. The summed E-state index contributed by atoms with van der Waals surface area (Å²) in [5.74, 6) is 0.802. The molecule has 0 spiro atoms. The molecular weight excluding hydrogens is 204 g/mol. The lowest BCUT2D eigenvalue weighted by Crippen LogP contribution is -2.40. The number of rotatable bonds is 5. The average Bonchev–Trinajstić information content (AvgIpc) is 2.20. The first kappa shape index (κ1) is 12.9. The highest BCUT2D eigenvalue weighted by Gasteiger charge is 2.20. The number of methoxy groups -OCH3 is 1. The highest BCUT2D eigenvalue weighted by Crippen LogP contribution is 2.19. The van der Waals surface area contributed by atoms with Crippen molar-refractivity contribution in [2.75, 3.05) is 34.3 Å². The Morgan fingerprint density at radius 1 is 1.50 bits per heavy atom. The lowest BCUT2D eigenvalue weighted by molar-refractivity contribution is 0.259. The minimum absolute atomic E-state index is 0.127.